The van der Waals surface area contributed by atoms with Gasteiger partial charge in [0.15, 0.2) is 0 Å². The fourth-order valence-electron chi connectivity index (χ4n) is 3.35. The number of nitrogens with two attached hydrogens (primary N) is 1. The fourth-order valence-corrected chi connectivity index (χ4v) is 4.10. The molecule has 27 heavy (non-hydrogen) atoms. The van der Waals surface area contributed by atoms with Crippen LogP contribution in [0.5, 0.6) is 0 Å². The summed E-state index contributed by atoms with van der Waals surface area (Å²) in [6, 6.07) is 11.4. The number of carbonyl (C=O) groups excluding carboxylic acids is 2. The Kier molecular flexibility index (Phi) is 8.28. The number of anilines is 1. The van der Waals surface area contributed by atoms with Gasteiger partial charge in [-0.3, -0.25) is 9.59 Å². The van der Waals surface area contributed by atoms with Gasteiger partial charge in [-0.05, 0) is 55.3 Å². The number of likely N-dealkylation sites (tertiary alicyclic amines) is 1. The maximum Gasteiger partial charge on any atom is 0.254 e. The van der Waals surface area contributed by atoms with Crippen molar-refractivity contribution in [3.05, 3.63) is 52.2 Å². The van der Waals surface area contributed by atoms with Gasteiger partial charge in [0, 0.05) is 41.7 Å². The molecule has 3 N–H and O–H groups in total. The normalized spacial score (nSPS) is 16.0. The maximum absolute atomic E-state index is 12.7. The van der Waals surface area contributed by atoms with E-state index in [1.54, 1.807) is 23.5 Å². The quantitative estimate of drug-likeness (QED) is 0.734. The van der Waals surface area contributed by atoms with Crippen molar-refractivity contribution in [3.63, 3.8) is 0 Å². The minimum Gasteiger partial charge on any atom is -0.334 e. The number of thiophene rings is 1. The van der Waals surface area contributed by atoms with Crippen molar-refractivity contribution in [1.82, 2.24) is 4.90 Å². The summed E-state index contributed by atoms with van der Waals surface area (Å²) < 4.78 is 0. The van der Waals surface area contributed by atoms with Gasteiger partial charge in [-0.2, -0.15) is 0 Å². The Hall–Kier alpha value is -1.89. The topological polar surface area (TPSA) is 75.4 Å². The summed E-state index contributed by atoms with van der Waals surface area (Å²) in [5, 5.41) is 4.95. The molecule has 146 valence electrons. The molecule has 3 rings (SSSR count). The van der Waals surface area contributed by atoms with Crippen molar-refractivity contribution in [2.24, 2.45) is 5.73 Å². The van der Waals surface area contributed by atoms with Crippen LogP contribution < -0.4 is 11.1 Å². The van der Waals surface area contributed by atoms with Crippen molar-refractivity contribution in [2.75, 3.05) is 18.4 Å². The van der Waals surface area contributed by atoms with E-state index in [1.807, 2.05) is 28.5 Å². The summed E-state index contributed by atoms with van der Waals surface area (Å²) in [5.74, 6) is -0.0288. The van der Waals surface area contributed by atoms with E-state index in [0.717, 1.165) is 32.2 Å². The monoisotopic (exact) mass is 407 g/mol. The molecule has 1 aromatic carbocycles. The Morgan fingerprint density at radius 1 is 1.26 bits per heavy atom. The van der Waals surface area contributed by atoms with Crippen LogP contribution in [-0.4, -0.2) is 35.8 Å². The zero-order chi connectivity index (χ0) is 18.4. The Bertz CT molecular complexity index is 751. The highest BCUT2D eigenvalue weighted by Crippen LogP contribution is 2.21. The highest BCUT2D eigenvalue weighted by Gasteiger charge is 2.28. The third-order valence-electron chi connectivity index (χ3n) is 4.71. The lowest BCUT2D eigenvalue weighted by Gasteiger charge is -2.23. The number of benzene rings is 1. The third kappa shape index (κ3) is 5.79. The number of carbonyl (C=O) groups is 2. The number of aryl methyl sites for hydroxylation is 1. The first kappa shape index (κ1) is 21.4. The van der Waals surface area contributed by atoms with E-state index in [0.29, 0.717) is 24.2 Å². The van der Waals surface area contributed by atoms with Gasteiger partial charge in [0.1, 0.15) is 0 Å². The predicted molar refractivity (Wildman–Crippen MR) is 113 cm³/mol. The molecule has 2 aromatic rings. The summed E-state index contributed by atoms with van der Waals surface area (Å²) in [4.78, 5) is 28.0. The van der Waals surface area contributed by atoms with Crippen LogP contribution in [0.25, 0.3) is 0 Å². The van der Waals surface area contributed by atoms with Gasteiger partial charge in [-0.1, -0.05) is 12.1 Å². The Morgan fingerprint density at radius 3 is 2.85 bits per heavy atom. The zero-order valence-corrected chi connectivity index (χ0v) is 16.9. The highest BCUT2D eigenvalue weighted by atomic mass is 35.5. The molecule has 0 radical (unpaired) electrons. The van der Waals surface area contributed by atoms with Crippen LogP contribution in [0.2, 0.25) is 0 Å². The first-order valence-electron chi connectivity index (χ1n) is 9.10. The van der Waals surface area contributed by atoms with Gasteiger partial charge in [-0.15, -0.1) is 23.7 Å². The van der Waals surface area contributed by atoms with Gasteiger partial charge >= 0.3 is 0 Å². The molecule has 0 bridgehead atoms. The molecule has 1 aromatic heterocycles. The van der Waals surface area contributed by atoms with E-state index in [2.05, 4.69) is 11.4 Å². The lowest BCUT2D eigenvalue weighted by molar-refractivity contribution is -0.116. The number of hydrogen-bond acceptors (Lipinski definition) is 4. The summed E-state index contributed by atoms with van der Waals surface area (Å²) in [7, 11) is 0. The van der Waals surface area contributed by atoms with Crippen LogP contribution in [0.15, 0.2) is 41.8 Å². The third-order valence-corrected chi connectivity index (χ3v) is 5.65. The second-order valence-electron chi connectivity index (χ2n) is 6.59. The molecular weight excluding hydrogens is 382 g/mol. The summed E-state index contributed by atoms with van der Waals surface area (Å²) in [6.45, 7) is 1.24. The number of halogens is 1. The van der Waals surface area contributed by atoms with E-state index < -0.39 is 0 Å². The smallest absolute Gasteiger partial charge is 0.254 e. The Morgan fingerprint density at radius 2 is 2.11 bits per heavy atom. The van der Waals surface area contributed by atoms with E-state index in [4.69, 9.17) is 5.73 Å². The number of rotatable bonds is 7. The second-order valence-corrected chi connectivity index (χ2v) is 7.62. The number of nitrogens with one attached hydrogen (secondary N) is 1. The van der Waals surface area contributed by atoms with E-state index >= 15 is 0 Å². The summed E-state index contributed by atoms with van der Waals surface area (Å²) in [6.07, 6.45) is 4.16. The molecule has 1 unspecified atom stereocenters. The molecule has 1 aliphatic heterocycles. The van der Waals surface area contributed by atoms with E-state index in [-0.39, 0.29) is 30.3 Å². The van der Waals surface area contributed by atoms with Gasteiger partial charge < -0.3 is 16.0 Å². The van der Waals surface area contributed by atoms with Crippen LogP contribution >= 0.6 is 23.7 Å². The van der Waals surface area contributed by atoms with Crippen molar-refractivity contribution in [1.29, 1.82) is 0 Å². The largest absolute Gasteiger partial charge is 0.334 e. The Balaban J connectivity index is 0.00000261. The molecule has 1 saturated heterocycles. The molecule has 1 atom stereocenters. The lowest BCUT2D eigenvalue weighted by Crippen LogP contribution is -2.39. The minimum atomic E-state index is -0.0211. The molecule has 1 fully saturated rings. The van der Waals surface area contributed by atoms with E-state index in [1.165, 1.54) is 4.88 Å². The molecule has 5 nitrogen and oxygen atoms in total. The van der Waals surface area contributed by atoms with Crippen LogP contribution in [-0.2, 0) is 11.2 Å². The molecule has 0 spiro atoms. The first-order valence-corrected chi connectivity index (χ1v) is 9.98. The van der Waals surface area contributed by atoms with Crippen LogP contribution in [0.4, 0.5) is 5.69 Å². The van der Waals surface area contributed by atoms with Crippen molar-refractivity contribution >= 4 is 41.2 Å². The van der Waals surface area contributed by atoms with Crippen molar-refractivity contribution < 1.29 is 9.59 Å². The molecule has 0 saturated carbocycles. The zero-order valence-electron chi connectivity index (χ0n) is 15.2. The fraction of sp³-hybridized carbons (Fsp3) is 0.400. The Labute approximate surface area is 170 Å². The molecule has 0 aliphatic carbocycles. The summed E-state index contributed by atoms with van der Waals surface area (Å²) >= 11 is 1.71. The second kappa shape index (κ2) is 10.4. The van der Waals surface area contributed by atoms with Gasteiger partial charge in [0.05, 0.1) is 0 Å². The lowest BCUT2D eigenvalue weighted by atomic mass is 10.1. The first-order chi connectivity index (χ1) is 12.7. The van der Waals surface area contributed by atoms with Crippen LogP contribution in [0.3, 0.4) is 0 Å². The van der Waals surface area contributed by atoms with Crippen molar-refractivity contribution in [2.45, 2.75) is 38.1 Å². The SMILES string of the molecule is Cl.NCC1CCCN1C(=O)c1cccc(NC(=O)CCCc2cccs2)c1. The van der Waals surface area contributed by atoms with Gasteiger partial charge in [0.2, 0.25) is 5.91 Å². The average molecular weight is 408 g/mol. The van der Waals surface area contributed by atoms with Crippen molar-refractivity contribution in [3.8, 4) is 0 Å². The predicted octanol–water partition coefficient (Wildman–Crippen LogP) is 3.69. The van der Waals surface area contributed by atoms with Gasteiger partial charge in [0.25, 0.3) is 5.91 Å². The molecule has 7 heteroatoms. The van der Waals surface area contributed by atoms with Crippen LogP contribution in [0, 0.1) is 0 Å². The number of nitrogens with zero attached hydrogens (tertiary/aromatic N) is 1. The van der Waals surface area contributed by atoms with Crippen LogP contribution in [0.1, 0.15) is 40.9 Å². The van der Waals surface area contributed by atoms with E-state index in [9.17, 15) is 9.59 Å². The number of hydrogen-bond donors (Lipinski definition) is 2. The standard InChI is InChI=1S/C20H25N3O2S.ClH/c21-14-17-7-3-11-23(17)20(25)15-5-1-6-16(13-15)22-19(24)10-2-8-18-9-4-12-26-18;/h1,4-6,9,12-13,17H,2-3,7-8,10-11,14,21H2,(H,22,24);1H. The summed E-state index contributed by atoms with van der Waals surface area (Å²) in [5.41, 5.74) is 7.03. The highest BCUT2D eigenvalue weighted by molar-refractivity contribution is 7.09. The number of amides is 2. The molecular formula is C20H26ClN3O2S. The average Bonchev–Trinajstić information content (AvgIpc) is 3.32. The van der Waals surface area contributed by atoms with Gasteiger partial charge in [-0.25, -0.2) is 0 Å². The minimum absolute atomic E-state index is 0. The molecule has 1 aliphatic rings. The maximum atomic E-state index is 12.7. The molecule has 2 heterocycles. The molecule has 2 amide bonds.